The number of carbonyl (C=O) groups excluding carboxylic acids is 1. The van der Waals surface area contributed by atoms with Crippen LogP contribution in [0, 0.1) is 5.82 Å². The average molecular weight is 342 g/mol. The minimum atomic E-state index is -4.15. The van der Waals surface area contributed by atoms with Crippen molar-refractivity contribution in [2.45, 2.75) is 24.4 Å². The molecule has 0 bridgehead atoms. The van der Waals surface area contributed by atoms with Gasteiger partial charge >= 0.3 is 5.97 Å². The summed E-state index contributed by atoms with van der Waals surface area (Å²) in [6.45, 7) is 1.82. The number of nitrogens with one attached hydrogen (secondary N) is 1. The molecule has 23 heavy (non-hydrogen) atoms. The number of sulfonamides is 1. The quantitative estimate of drug-likeness (QED) is 0.770. The highest BCUT2D eigenvalue weighted by Crippen LogP contribution is 2.17. The number of esters is 1. The Morgan fingerprint density at radius 2 is 2.22 bits per heavy atom. The van der Waals surface area contributed by atoms with E-state index in [9.17, 15) is 17.6 Å². The van der Waals surface area contributed by atoms with Crippen LogP contribution >= 0.6 is 0 Å². The molecule has 0 unspecified atom stereocenters. The van der Waals surface area contributed by atoms with Crippen molar-refractivity contribution >= 4 is 16.0 Å². The fourth-order valence-electron chi connectivity index (χ4n) is 1.93. The lowest BCUT2D eigenvalue weighted by Crippen LogP contribution is -2.36. The lowest BCUT2D eigenvalue weighted by Gasteiger charge is -2.15. The Balaban J connectivity index is 2.23. The lowest BCUT2D eigenvalue weighted by molar-refractivity contribution is 0.0600. The third-order valence-electron chi connectivity index (χ3n) is 2.93. The molecule has 0 aliphatic rings. The van der Waals surface area contributed by atoms with E-state index in [-0.39, 0.29) is 12.1 Å². The van der Waals surface area contributed by atoms with E-state index in [0.29, 0.717) is 0 Å². The molecular weight excluding hydrogens is 327 g/mol. The van der Waals surface area contributed by atoms with Gasteiger partial charge in [-0.25, -0.2) is 27.3 Å². The Morgan fingerprint density at radius 1 is 1.48 bits per heavy atom. The molecule has 2 aromatic rings. The molecule has 1 heterocycles. The first-order chi connectivity index (χ1) is 10.8. The third-order valence-corrected chi connectivity index (χ3v) is 4.53. The Hall–Kier alpha value is -2.33. The fraction of sp³-hybridized carbons (Fsp3) is 0.308. The molecule has 10 heteroatoms. The first kappa shape index (κ1) is 17.0. The number of hydrogen-bond acceptors (Lipinski definition) is 6. The minimum Gasteiger partial charge on any atom is -0.465 e. The first-order valence-corrected chi connectivity index (χ1v) is 8.04. The van der Waals surface area contributed by atoms with E-state index in [4.69, 9.17) is 0 Å². The van der Waals surface area contributed by atoms with Crippen LogP contribution in [0.5, 0.6) is 0 Å². The highest BCUT2D eigenvalue weighted by Gasteiger charge is 2.23. The summed E-state index contributed by atoms with van der Waals surface area (Å²) < 4.78 is 46.7. The molecule has 1 aromatic heterocycles. The summed E-state index contributed by atoms with van der Waals surface area (Å²) in [5, 5.41) is 3.86. The SMILES string of the molecule is COC(=O)c1ccc(F)c(S(=O)(=O)N[C@H](C)Cn2cncn2)c1. The molecular formula is C13H15FN4O4S. The standard InChI is InChI=1S/C13H15FN4O4S/c1-9(6-18-8-15-7-16-18)17-23(20,21)12-5-10(13(19)22-2)3-4-11(12)14/h3-5,7-9,17H,6H2,1-2H3/t9-/m1/s1. The van der Waals surface area contributed by atoms with Gasteiger partial charge in [-0.05, 0) is 25.1 Å². The molecule has 0 radical (unpaired) electrons. The van der Waals surface area contributed by atoms with Crippen LogP contribution in [-0.2, 0) is 21.3 Å². The highest BCUT2D eigenvalue weighted by atomic mass is 32.2. The number of carbonyl (C=O) groups is 1. The van der Waals surface area contributed by atoms with Crippen molar-refractivity contribution in [2.24, 2.45) is 0 Å². The van der Waals surface area contributed by atoms with Crippen LogP contribution in [0.2, 0.25) is 0 Å². The normalized spacial score (nSPS) is 12.8. The zero-order valence-corrected chi connectivity index (χ0v) is 13.2. The van der Waals surface area contributed by atoms with Crippen LogP contribution in [0.4, 0.5) is 4.39 Å². The molecule has 1 N–H and O–H groups in total. The van der Waals surface area contributed by atoms with Crippen molar-refractivity contribution in [2.75, 3.05) is 7.11 Å². The van der Waals surface area contributed by atoms with Crippen LogP contribution in [0.15, 0.2) is 35.7 Å². The van der Waals surface area contributed by atoms with Crippen molar-refractivity contribution in [3.05, 3.63) is 42.2 Å². The van der Waals surface area contributed by atoms with Gasteiger partial charge in [-0.3, -0.25) is 4.68 Å². The van der Waals surface area contributed by atoms with E-state index in [2.05, 4.69) is 19.5 Å². The van der Waals surface area contributed by atoms with Crippen molar-refractivity contribution < 1.29 is 22.3 Å². The number of benzene rings is 1. The molecule has 0 saturated heterocycles. The topological polar surface area (TPSA) is 103 Å². The van der Waals surface area contributed by atoms with Crippen molar-refractivity contribution in [3.63, 3.8) is 0 Å². The summed E-state index contributed by atoms with van der Waals surface area (Å²) in [6, 6.07) is 2.43. The molecule has 0 fully saturated rings. The maximum Gasteiger partial charge on any atom is 0.337 e. The molecule has 124 valence electrons. The van der Waals surface area contributed by atoms with Crippen molar-refractivity contribution in [1.82, 2.24) is 19.5 Å². The molecule has 0 spiro atoms. The minimum absolute atomic E-state index is 0.0572. The Kier molecular flexibility index (Phi) is 5.06. The zero-order valence-electron chi connectivity index (χ0n) is 12.4. The summed E-state index contributed by atoms with van der Waals surface area (Å²) >= 11 is 0. The van der Waals surface area contributed by atoms with E-state index in [1.807, 2.05) is 0 Å². The highest BCUT2D eigenvalue weighted by molar-refractivity contribution is 7.89. The summed E-state index contributed by atoms with van der Waals surface area (Å²) in [6.07, 6.45) is 2.75. The van der Waals surface area contributed by atoms with E-state index < -0.39 is 32.7 Å². The van der Waals surface area contributed by atoms with E-state index in [0.717, 1.165) is 25.3 Å². The molecule has 0 aliphatic carbocycles. The van der Waals surface area contributed by atoms with E-state index in [1.54, 1.807) is 6.92 Å². The third kappa shape index (κ3) is 4.11. The van der Waals surface area contributed by atoms with Crippen LogP contribution in [-0.4, -0.2) is 42.3 Å². The Morgan fingerprint density at radius 3 is 2.83 bits per heavy atom. The second-order valence-corrected chi connectivity index (χ2v) is 6.46. The van der Waals surface area contributed by atoms with Gasteiger partial charge in [-0.2, -0.15) is 5.10 Å². The summed E-state index contributed by atoms with van der Waals surface area (Å²) in [5.74, 6) is -1.71. The van der Waals surface area contributed by atoms with Crippen LogP contribution in [0.3, 0.4) is 0 Å². The second kappa shape index (κ2) is 6.84. The van der Waals surface area contributed by atoms with Gasteiger partial charge in [0.05, 0.1) is 19.2 Å². The number of halogens is 1. The average Bonchev–Trinajstić information content (AvgIpc) is 2.98. The zero-order chi connectivity index (χ0) is 17.0. The molecule has 0 saturated carbocycles. The number of nitrogens with zero attached hydrogens (tertiary/aromatic N) is 3. The Labute approximate surface area is 132 Å². The van der Waals surface area contributed by atoms with Gasteiger partial charge in [0.25, 0.3) is 0 Å². The van der Waals surface area contributed by atoms with Crippen molar-refractivity contribution in [3.8, 4) is 0 Å². The molecule has 2 rings (SSSR count). The largest absolute Gasteiger partial charge is 0.465 e. The summed E-state index contributed by atoms with van der Waals surface area (Å²) in [7, 11) is -3.00. The van der Waals surface area contributed by atoms with Crippen LogP contribution in [0.1, 0.15) is 17.3 Å². The van der Waals surface area contributed by atoms with Crippen LogP contribution < -0.4 is 4.72 Å². The van der Waals surface area contributed by atoms with Gasteiger partial charge in [0.15, 0.2) is 0 Å². The van der Waals surface area contributed by atoms with Gasteiger partial charge in [-0.15, -0.1) is 0 Å². The first-order valence-electron chi connectivity index (χ1n) is 6.56. The predicted molar refractivity (Wildman–Crippen MR) is 77.5 cm³/mol. The second-order valence-electron chi connectivity index (χ2n) is 4.78. The smallest absolute Gasteiger partial charge is 0.337 e. The summed E-state index contributed by atoms with van der Waals surface area (Å²) in [5.41, 5.74) is -0.0572. The van der Waals surface area contributed by atoms with E-state index >= 15 is 0 Å². The fourth-order valence-corrected chi connectivity index (χ4v) is 3.27. The van der Waals surface area contributed by atoms with Gasteiger partial charge in [0.1, 0.15) is 23.4 Å². The molecule has 1 atom stereocenters. The van der Waals surface area contributed by atoms with Gasteiger partial charge in [-0.1, -0.05) is 0 Å². The van der Waals surface area contributed by atoms with E-state index in [1.165, 1.54) is 17.3 Å². The maximum atomic E-state index is 13.9. The number of aromatic nitrogens is 3. The predicted octanol–water partition coefficient (Wildman–Crippen LogP) is 0.571. The molecule has 8 nitrogen and oxygen atoms in total. The van der Waals surface area contributed by atoms with Crippen molar-refractivity contribution in [1.29, 1.82) is 0 Å². The number of methoxy groups -OCH3 is 1. The summed E-state index contributed by atoms with van der Waals surface area (Å²) in [4.78, 5) is 14.6. The Bertz CT molecular complexity index is 792. The van der Waals surface area contributed by atoms with Gasteiger partial charge in [0, 0.05) is 6.04 Å². The molecule has 0 aliphatic heterocycles. The number of rotatable bonds is 6. The lowest BCUT2D eigenvalue weighted by atomic mass is 10.2. The number of hydrogen-bond donors (Lipinski definition) is 1. The maximum absolute atomic E-state index is 13.9. The van der Waals surface area contributed by atoms with Crippen LogP contribution in [0.25, 0.3) is 0 Å². The monoisotopic (exact) mass is 342 g/mol. The number of ether oxygens (including phenoxy) is 1. The molecule has 0 amide bonds. The molecule has 1 aromatic carbocycles. The van der Waals surface area contributed by atoms with Gasteiger partial charge in [0.2, 0.25) is 10.0 Å². The van der Waals surface area contributed by atoms with Gasteiger partial charge < -0.3 is 4.74 Å².